The quantitative estimate of drug-likeness (QED) is 0.733. The third-order valence-electron chi connectivity index (χ3n) is 5.05. The largest absolute Gasteiger partial charge is 0.444 e. The molecule has 1 fully saturated rings. The number of allylic oxidation sites excluding steroid dienone is 4. The van der Waals surface area contributed by atoms with Crippen LogP contribution < -0.4 is 5.73 Å². The molecular formula is C21H33ClN2O3. The molecule has 3 N–H and O–H groups in total. The Morgan fingerprint density at radius 3 is 2.85 bits per heavy atom. The molecule has 1 amide bonds. The minimum Gasteiger partial charge on any atom is -0.444 e. The van der Waals surface area contributed by atoms with Crippen LogP contribution in [0.5, 0.6) is 0 Å². The molecule has 1 aliphatic carbocycles. The SMILES string of the molecule is CC(C)(C)OC(=O)N1CCCC(C(O)(CCCN)C2=CC=CCC(Cl)=C2)C1. The highest BCUT2D eigenvalue weighted by Crippen LogP contribution is 2.39. The van der Waals surface area contributed by atoms with Gasteiger partial charge in [-0.3, -0.25) is 0 Å². The van der Waals surface area contributed by atoms with E-state index in [9.17, 15) is 9.90 Å². The van der Waals surface area contributed by atoms with Crippen molar-refractivity contribution in [2.75, 3.05) is 19.6 Å². The van der Waals surface area contributed by atoms with Crippen LogP contribution in [0.4, 0.5) is 4.79 Å². The Morgan fingerprint density at radius 2 is 2.19 bits per heavy atom. The lowest BCUT2D eigenvalue weighted by molar-refractivity contribution is -0.0320. The molecule has 0 saturated carbocycles. The maximum absolute atomic E-state index is 12.5. The van der Waals surface area contributed by atoms with E-state index in [4.69, 9.17) is 22.1 Å². The molecule has 0 radical (unpaired) electrons. The maximum atomic E-state index is 12.5. The van der Waals surface area contributed by atoms with Crippen molar-refractivity contribution in [1.82, 2.24) is 4.90 Å². The number of amides is 1. The molecule has 1 aliphatic heterocycles. The lowest BCUT2D eigenvalue weighted by Crippen LogP contribution is -2.51. The fourth-order valence-electron chi connectivity index (χ4n) is 3.71. The molecule has 0 bridgehead atoms. The Morgan fingerprint density at radius 1 is 1.44 bits per heavy atom. The van der Waals surface area contributed by atoms with E-state index in [1.54, 1.807) is 4.90 Å². The van der Waals surface area contributed by atoms with Crippen molar-refractivity contribution in [3.05, 3.63) is 34.9 Å². The predicted molar refractivity (Wildman–Crippen MR) is 110 cm³/mol. The van der Waals surface area contributed by atoms with Gasteiger partial charge in [-0.15, -0.1) is 0 Å². The van der Waals surface area contributed by atoms with Crippen LogP contribution in [0.15, 0.2) is 34.9 Å². The molecule has 2 aliphatic rings. The van der Waals surface area contributed by atoms with Gasteiger partial charge in [0.2, 0.25) is 0 Å². The van der Waals surface area contributed by atoms with Crippen LogP contribution in [-0.4, -0.2) is 46.9 Å². The Labute approximate surface area is 167 Å². The first kappa shape index (κ1) is 22.0. The van der Waals surface area contributed by atoms with E-state index < -0.39 is 11.2 Å². The topological polar surface area (TPSA) is 75.8 Å². The zero-order valence-electron chi connectivity index (χ0n) is 16.7. The normalized spacial score (nSPS) is 23.2. The molecule has 2 rings (SSSR count). The highest BCUT2D eigenvalue weighted by Gasteiger charge is 2.42. The van der Waals surface area contributed by atoms with Crippen molar-refractivity contribution < 1.29 is 14.6 Å². The second kappa shape index (κ2) is 9.26. The van der Waals surface area contributed by atoms with Gasteiger partial charge in [0.25, 0.3) is 0 Å². The fourth-order valence-corrected chi connectivity index (χ4v) is 3.92. The van der Waals surface area contributed by atoms with Gasteiger partial charge in [0.1, 0.15) is 5.60 Å². The van der Waals surface area contributed by atoms with Crippen molar-refractivity contribution in [2.24, 2.45) is 11.7 Å². The summed E-state index contributed by atoms with van der Waals surface area (Å²) in [6.07, 6.45) is 10.9. The van der Waals surface area contributed by atoms with Gasteiger partial charge in [0, 0.05) is 30.5 Å². The Bertz CT molecular complexity index is 621. The summed E-state index contributed by atoms with van der Waals surface area (Å²) in [5.41, 5.74) is 4.91. The first-order valence-electron chi connectivity index (χ1n) is 9.79. The maximum Gasteiger partial charge on any atom is 0.410 e. The molecule has 0 aromatic carbocycles. The van der Waals surface area contributed by atoms with Crippen LogP contribution >= 0.6 is 11.6 Å². The average Bonchev–Trinajstić information content (AvgIpc) is 2.83. The smallest absolute Gasteiger partial charge is 0.410 e. The molecule has 27 heavy (non-hydrogen) atoms. The Balaban J connectivity index is 2.25. The van der Waals surface area contributed by atoms with E-state index in [0.29, 0.717) is 43.9 Å². The fraction of sp³-hybridized carbons (Fsp3) is 0.667. The molecule has 2 atom stereocenters. The third kappa shape index (κ3) is 6.09. The van der Waals surface area contributed by atoms with Crippen LogP contribution in [0.3, 0.4) is 0 Å². The van der Waals surface area contributed by atoms with Crippen molar-refractivity contribution in [3.63, 3.8) is 0 Å². The van der Waals surface area contributed by atoms with Crippen LogP contribution in [0.25, 0.3) is 0 Å². The van der Waals surface area contributed by atoms with Gasteiger partial charge in [0.15, 0.2) is 0 Å². The number of carbonyl (C=O) groups excluding carboxylic acids is 1. The molecule has 1 saturated heterocycles. The van der Waals surface area contributed by atoms with Gasteiger partial charge in [0.05, 0.1) is 5.60 Å². The number of ether oxygens (including phenoxy) is 1. The van der Waals surface area contributed by atoms with Crippen LogP contribution in [0, 0.1) is 5.92 Å². The Kier molecular flexibility index (Phi) is 7.55. The van der Waals surface area contributed by atoms with Crippen molar-refractivity contribution in [1.29, 1.82) is 0 Å². The highest BCUT2D eigenvalue weighted by atomic mass is 35.5. The predicted octanol–water partition coefficient (Wildman–Crippen LogP) is 4.11. The van der Waals surface area contributed by atoms with Gasteiger partial charge in [-0.1, -0.05) is 29.8 Å². The molecule has 152 valence electrons. The van der Waals surface area contributed by atoms with Gasteiger partial charge in [-0.05, 0) is 64.6 Å². The van der Waals surface area contributed by atoms with Gasteiger partial charge in [-0.2, -0.15) is 0 Å². The summed E-state index contributed by atoms with van der Waals surface area (Å²) in [5, 5.41) is 12.4. The van der Waals surface area contributed by atoms with Gasteiger partial charge in [-0.25, -0.2) is 4.79 Å². The number of hydrogen-bond donors (Lipinski definition) is 2. The first-order chi connectivity index (χ1) is 12.7. The van der Waals surface area contributed by atoms with E-state index in [1.807, 2.05) is 45.1 Å². The number of piperidine rings is 1. The number of halogens is 1. The second-order valence-corrected chi connectivity index (χ2v) is 8.91. The number of rotatable bonds is 5. The molecule has 1 heterocycles. The van der Waals surface area contributed by atoms with E-state index in [0.717, 1.165) is 18.4 Å². The average molecular weight is 397 g/mol. The lowest BCUT2D eigenvalue weighted by atomic mass is 9.73. The summed E-state index contributed by atoms with van der Waals surface area (Å²) in [5.74, 6) is -0.0937. The monoisotopic (exact) mass is 396 g/mol. The van der Waals surface area contributed by atoms with Crippen LogP contribution in [0.2, 0.25) is 0 Å². The number of nitrogens with zero attached hydrogens (tertiary/aromatic N) is 1. The van der Waals surface area contributed by atoms with Gasteiger partial charge < -0.3 is 20.5 Å². The van der Waals surface area contributed by atoms with Crippen LogP contribution in [-0.2, 0) is 4.74 Å². The second-order valence-electron chi connectivity index (χ2n) is 8.43. The molecule has 2 unspecified atom stereocenters. The summed E-state index contributed by atoms with van der Waals surface area (Å²) in [7, 11) is 0. The summed E-state index contributed by atoms with van der Waals surface area (Å²) in [4.78, 5) is 14.2. The minimum absolute atomic E-state index is 0.0937. The van der Waals surface area contributed by atoms with Gasteiger partial charge >= 0.3 is 6.09 Å². The Hall–Kier alpha value is -1.30. The molecule has 5 nitrogen and oxygen atoms in total. The minimum atomic E-state index is -1.07. The van der Waals surface area contributed by atoms with Crippen molar-refractivity contribution in [3.8, 4) is 0 Å². The molecule has 0 spiro atoms. The van der Waals surface area contributed by atoms with E-state index in [2.05, 4.69) is 0 Å². The molecule has 0 aromatic heterocycles. The number of carbonyl (C=O) groups is 1. The molecule has 6 heteroatoms. The highest BCUT2D eigenvalue weighted by molar-refractivity contribution is 6.29. The number of hydrogen-bond acceptors (Lipinski definition) is 4. The summed E-state index contributed by atoms with van der Waals surface area (Å²) < 4.78 is 5.53. The van der Waals surface area contributed by atoms with Crippen molar-refractivity contribution in [2.45, 2.75) is 64.1 Å². The van der Waals surface area contributed by atoms with E-state index in [1.165, 1.54) is 0 Å². The summed E-state index contributed by atoms with van der Waals surface area (Å²) in [6, 6.07) is 0. The van der Waals surface area contributed by atoms with Crippen LogP contribution in [0.1, 0.15) is 52.9 Å². The zero-order valence-corrected chi connectivity index (χ0v) is 17.5. The molecular weight excluding hydrogens is 364 g/mol. The van der Waals surface area contributed by atoms with E-state index in [-0.39, 0.29) is 12.0 Å². The number of likely N-dealkylation sites (tertiary alicyclic amines) is 1. The summed E-state index contributed by atoms with van der Waals surface area (Å²) >= 11 is 6.30. The van der Waals surface area contributed by atoms with E-state index >= 15 is 0 Å². The standard InChI is InChI=1S/C21H33ClN2O3/c1-20(2,3)27-19(25)24-13-6-9-17(15-24)21(26,11-7-12-23)16-8-4-5-10-18(22)14-16/h4-5,8,14,17,26H,6-7,9-13,15,23H2,1-3H3. The third-order valence-corrected chi connectivity index (χ3v) is 5.31. The number of nitrogens with two attached hydrogens (primary N) is 1. The van der Waals surface area contributed by atoms with Crippen molar-refractivity contribution >= 4 is 17.7 Å². The summed E-state index contributed by atoms with van der Waals surface area (Å²) in [6.45, 7) is 7.19. The lowest BCUT2D eigenvalue weighted by Gasteiger charge is -2.43. The number of aliphatic hydroxyl groups is 1. The zero-order chi connectivity index (χ0) is 20.1. The first-order valence-corrected chi connectivity index (χ1v) is 10.2. The molecule has 0 aromatic rings.